The van der Waals surface area contributed by atoms with Crippen LogP contribution in [0.2, 0.25) is 0 Å². The summed E-state index contributed by atoms with van der Waals surface area (Å²) in [6.45, 7) is 3.21. The molecular formula is C36H31N2+. The Balaban J connectivity index is 1.67. The quantitative estimate of drug-likeness (QED) is 0.202. The number of hydrogen-bond donors (Lipinski definition) is 0. The van der Waals surface area contributed by atoms with Crippen molar-refractivity contribution in [3.05, 3.63) is 146 Å². The number of pyridine rings is 1. The lowest BCUT2D eigenvalue weighted by atomic mass is 9.93. The summed E-state index contributed by atoms with van der Waals surface area (Å²) in [4.78, 5) is 2.34. The minimum atomic E-state index is 0.960. The fourth-order valence-corrected chi connectivity index (χ4v) is 5.34. The number of rotatable bonds is 7. The molecule has 0 aliphatic rings. The minimum absolute atomic E-state index is 0.960. The maximum absolute atomic E-state index is 2.44. The standard InChI is InChI=1S/C36H31N2/c1-2-25-37-27-30-23-24-33(38(31-19-11-5-12-20-31)32-21-13-6-14-22-32)26-34(30)35(28-15-7-3-8-16-28)36(37)29-17-9-4-10-18-29/h3-24,26-27H,2,25H2,1H3/q+1. The van der Waals surface area contributed by atoms with E-state index in [0.29, 0.717) is 0 Å². The normalized spacial score (nSPS) is 11.0. The molecule has 0 saturated heterocycles. The van der Waals surface area contributed by atoms with Crippen molar-refractivity contribution in [3.63, 3.8) is 0 Å². The van der Waals surface area contributed by atoms with Crippen molar-refractivity contribution in [2.24, 2.45) is 0 Å². The third kappa shape index (κ3) is 4.57. The predicted octanol–water partition coefficient (Wildman–Crippen LogP) is 9.34. The van der Waals surface area contributed by atoms with Gasteiger partial charge in [-0.15, -0.1) is 0 Å². The number of anilines is 3. The molecule has 1 heterocycles. The van der Waals surface area contributed by atoms with Crippen LogP contribution < -0.4 is 9.47 Å². The number of hydrogen-bond acceptors (Lipinski definition) is 1. The summed E-state index contributed by atoms with van der Waals surface area (Å²) in [6.07, 6.45) is 3.39. The number of aromatic nitrogens is 1. The fraction of sp³-hybridized carbons (Fsp3) is 0.0833. The van der Waals surface area contributed by atoms with Gasteiger partial charge in [0.05, 0.1) is 5.56 Å². The lowest BCUT2D eigenvalue weighted by molar-refractivity contribution is -0.684. The number of para-hydroxylation sites is 2. The Morgan fingerprint density at radius 3 is 1.63 bits per heavy atom. The minimum Gasteiger partial charge on any atom is -0.310 e. The Morgan fingerprint density at radius 1 is 0.553 bits per heavy atom. The van der Waals surface area contributed by atoms with Crippen molar-refractivity contribution in [1.82, 2.24) is 0 Å². The zero-order valence-electron chi connectivity index (χ0n) is 21.7. The molecule has 0 aliphatic heterocycles. The van der Waals surface area contributed by atoms with Crippen LogP contribution in [0.25, 0.3) is 33.2 Å². The van der Waals surface area contributed by atoms with Gasteiger partial charge in [0.15, 0.2) is 6.20 Å². The molecule has 0 bridgehead atoms. The van der Waals surface area contributed by atoms with E-state index in [4.69, 9.17) is 0 Å². The SMILES string of the molecule is CCC[n+]1cc2ccc(N(c3ccccc3)c3ccccc3)cc2c(-c2ccccc2)c1-c1ccccc1. The molecule has 1 aromatic heterocycles. The van der Waals surface area contributed by atoms with Gasteiger partial charge in [0.25, 0.3) is 0 Å². The van der Waals surface area contributed by atoms with Crippen molar-refractivity contribution in [1.29, 1.82) is 0 Å². The number of nitrogens with zero attached hydrogens (tertiary/aromatic N) is 2. The smallest absolute Gasteiger partial charge is 0.221 e. The maximum atomic E-state index is 2.44. The third-order valence-electron chi connectivity index (χ3n) is 6.99. The van der Waals surface area contributed by atoms with E-state index in [9.17, 15) is 0 Å². The first-order valence-corrected chi connectivity index (χ1v) is 13.3. The molecule has 0 aliphatic carbocycles. The first kappa shape index (κ1) is 23.7. The van der Waals surface area contributed by atoms with Crippen LogP contribution in [0.15, 0.2) is 146 Å². The van der Waals surface area contributed by atoms with Crippen LogP contribution >= 0.6 is 0 Å². The zero-order valence-corrected chi connectivity index (χ0v) is 21.7. The number of fused-ring (bicyclic) bond motifs is 1. The Hall–Kier alpha value is -4.69. The Bertz CT molecular complexity index is 1600. The van der Waals surface area contributed by atoms with Gasteiger partial charge in [-0.25, -0.2) is 0 Å². The lowest BCUT2D eigenvalue weighted by Gasteiger charge is -2.26. The van der Waals surface area contributed by atoms with Gasteiger partial charge >= 0.3 is 0 Å². The average molecular weight is 492 g/mol. The summed E-state index contributed by atoms with van der Waals surface area (Å²) in [5.74, 6) is 0. The second-order valence-electron chi connectivity index (χ2n) is 9.56. The molecule has 0 radical (unpaired) electrons. The third-order valence-corrected chi connectivity index (χ3v) is 6.99. The molecule has 0 amide bonds. The Labute approximate surface area is 225 Å². The summed E-state index contributed by atoms with van der Waals surface area (Å²) in [7, 11) is 0. The summed E-state index contributed by atoms with van der Waals surface area (Å²) < 4.78 is 2.44. The van der Waals surface area contributed by atoms with Crippen LogP contribution in [0.1, 0.15) is 13.3 Å². The molecule has 2 nitrogen and oxygen atoms in total. The summed E-state index contributed by atoms with van der Waals surface area (Å²) in [5.41, 5.74) is 8.40. The summed E-state index contributed by atoms with van der Waals surface area (Å²) in [6, 6.07) is 49.7. The van der Waals surface area contributed by atoms with E-state index >= 15 is 0 Å². The van der Waals surface area contributed by atoms with Crippen LogP contribution in [0.3, 0.4) is 0 Å². The van der Waals surface area contributed by atoms with Crippen LogP contribution in [-0.2, 0) is 6.54 Å². The van der Waals surface area contributed by atoms with E-state index in [1.807, 2.05) is 0 Å². The predicted molar refractivity (Wildman–Crippen MR) is 160 cm³/mol. The van der Waals surface area contributed by atoms with Gasteiger partial charge in [-0.2, -0.15) is 4.57 Å². The van der Waals surface area contributed by atoms with Gasteiger partial charge in [0.1, 0.15) is 6.54 Å². The Morgan fingerprint density at radius 2 is 1.08 bits per heavy atom. The van der Waals surface area contributed by atoms with E-state index in [-0.39, 0.29) is 0 Å². The van der Waals surface area contributed by atoms with Crippen LogP contribution in [0.4, 0.5) is 17.1 Å². The molecule has 2 heteroatoms. The zero-order chi connectivity index (χ0) is 25.7. The van der Waals surface area contributed by atoms with Crippen molar-refractivity contribution in [2.75, 3.05) is 4.90 Å². The molecule has 0 spiro atoms. The molecular weight excluding hydrogens is 460 g/mol. The molecule has 0 fully saturated rings. The highest BCUT2D eigenvalue weighted by molar-refractivity contribution is 6.03. The second kappa shape index (κ2) is 10.7. The molecule has 0 N–H and O–H groups in total. The molecule has 0 unspecified atom stereocenters. The van der Waals surface area contributed by atoms with E-state index in [2.05, 4.69) is 162 Å². The van der Waals surface area contributed by atoms with Crippen molar-refractivity contribution < 1.29 is 4.57 Å². The van der Waals surface area contributed by atoms with E-state index < -0.39 is 0 Å². The molecule has 6 aromatic rings. The molecule has 184 valence electrons. The van der Waals surface area contributed by atoms with Gasteiger partial charge in [0, 0.05) is 39.8 Å². The first-order chi connectivity index (χ1) is 18.8. The van der Waals surface area contributed by atoms with Crippen LogP contribution in [-0.4, -0.2) is 0 Å². The Kier molecular flexibility index (Phi) is 6.70. The molecule has 0 atom stereocenters. The lowest BCUT2D eigenvalue weighted by Crippen LogP contribution is -2.36. The first-order valence-electron chi connectivity index (χ1n) is 13.3. The number of benzene rings is 5. The van der Waals surface area contributed by atoms with Gasteiger partial charge in [-0.3, -0.25) is 0 Å². The topological polar surface area (TPSA) is 7.12 Å². The van der Waals surface area contributed by atoms with Crippen LogP contribution in [0.5, 0.6) is 0 Å². The van der Waals surface area contributed by atoms with Gasteiger partial charge in [0.2, 0.25) is 5.69 Å². The molecule has 6 rings (SSSR count). The van der Waals surface area contributed by atoms with Gasteiger partial charge < -0.3 is 4.90 Å². The van der Waals surface area contributed by atoms with Crippen molar-refractivity contribution in [2.45, 2.75) is 19.9 Å². The second-order valence-corrected chi connectivity index (χ2v) is 9.56. The average Bonchev–Trinajstić information content (AvgIpc) is 2.99. The maximum Gasteiger partial charge on any atom is 0.221 e. The molecule has 0 saturated carbocycles. The van der Waals surface area contributed by atoms with E-state index in [1.165, 1.54) is 33.2 Å². The van der Waals surface area contributed by atoms with Gasteiger partial charge in [-0.1, -0.05) is 91.9 Å². The highest BCUT2D eigenvalue weighted by atomic mass is 15.1. The highest BCUT2D eigenvalue weighted by Gasteiger charge is 2.24. The van der Waals surface area contributed by atoms with Gasteiger partial charge in [-0.05, 0) is 60.2 Å². The highest BCUT2D eigenvalue weighted by Crippen LogP contribution is 2.40. The van der Waals surface area contributed by atoms with Crippen molar-refractivity contribution in [3.8, 4) is 22.4 Å². The summed E-state index contributed by atoms with van der Waals surface area (Å²) >= 11 is 0. The number of aryl methyl sites for hydroxylation is 1. The fourth-order valence-electron chi connectivity index (χ4n) is 5.34. The molecule has 5 aromatic carbocycles. The largest absolute Gasteiger partial charge is 0.310 e. The monoisotopic (exact) mass is 491 g/mol. The molecule has 38 heavy (non-hydrogen) atoms. The van der Waals surface area contributed by atoms with Crippen LogP contribution in [0, 0.1) is 0 Å². The van der Waals surface area contributed by atoms with Crippen molar-refractivity contribution >= 4 is 27.8 Å². The summed E-state index contributed by atoms with van der Waals surface area (Å²) in [5, 5.41) is 2.48. The van der Waals surface area contributed by atoms with E-state index in [0.717, 1.165) is 30.0 Å². The van der Waals surface area contributed by atoms with E-state index in [1.54, 1.807) is 0 Å².